The van der Waals surface area contributed by atoms with Gasteiger partial charge < -0.3 is 14.8 Å². The van der Waals surface area contributed by atoms with E-state index in [4.69, 9.17) is 5.11 Å². The molecule has 1 aromatic carbocycles. The number of rotatable bonds is 2. The molecule has 0 aromatic heterocycles. The second-order valence-corrected chi connectivity index (χ2v) is 5.15. The summed E-state index contributed by atoms with van der Waals surface area (Å²) in [7, 11) is 0. The number of benzene rings is 1. The van der Waals surface area contributed by atoms with Gasteiger partial charge in [0.25, 0.3) is 0 Å². The topological polar surface area (TPSA) is 57.6 Å². The Bertz CT molecular complexity index is 463. The molecule has 1 saturated heterocycles. The van der Waals surface area contributed by atoms with Gasteiger partial charge in [0, 0.05) is 17.6 Å². The molecular weight excluding hydrogens is 286 g/mol. The maximum absolute atomic E-state index is 11.4. The van der Waals surface area contributed by atoms with Crippen molar-refractivity contribution in [2.75, 3.05) is 13.1 Å². The van der Waals surface area contributed by atoms with E-state index < -0.39 is 11.5 Å². The molecule has 1 atom stereocenters. The number of carbonyl (C=O) groups is 2. The van der Waals surface area contributed by atoms with E-state index in [-0.39, 0.29) is 6.54 Å². The zero-order valence-corrected chi connectivity index (χ0v) is 10.7. The summed E-state index contributed by atoms with van der Waals surface area (Å²) in [6.07, 6.45) is 0.445. The van der Waals surface area contributed by atoms with Crippen LogP contribution in [0.2, 0.25) is 0 Å². The minimum absolute atomic E-state index is 0.238. The van der Waals surface area contributed by atoms with Gasteiger partial charge in [-0.05, 0) is 24.1 Å². The van der Waals surface area contributed by atoms with Crippen molar-refractivity contribution >= 4 is 28.3 Å². The Morgan fingerprint density at radius 3 is 2.82 bits per heavy atom. The van der Waals surface area contributed by atoms with E-state index in [1.54, 1.807) is 0 Å². The summed E-state index contributed by atoms with van der Waals surface area (Å²) in [4.78, 5) is 23.6. The van der Waals surface area contributed by atoms with Gasteiger partial charge in [0.15, 0.2) is 0 Å². The van der Waals surface area contributed by atoms with Crippen LogP contribution < -0.4 is 0 Å². The van der Waals surface area contributed by atoms with Crippen molar-refractivity contribution in [1.82, 2.24) is 4.90 Å². The zero-order chi connectivity index (χ0) is 12.5. The fourth-order valence-corrected chi connectivity index (χ4v) is 2.59. The van der Waals surface area contributed by atoms with E-state index >= 15 is 0 Å². The van der Waals surface area contributed by atoms with Gasteiger partial charge in [0.2, 0.25) is 0 Å². The summed E-state index contributed by atoms with van der Waals surface area (Å²) >= 11 is 3.36. The average molecular weight is 298 g/mol. The Kier molecular flexibility index (Phi) is 3.19. The zero-order valence-electron chi connectivity index (χ0n) is 9.10. The van der Waals surface area contributed by atoms with E-state index in [9.17, 15) is 9.59 Å². The van der Waals surface area contributed by atoms with Crippen LogP contribution in [0.15, 0.2) is 28.7 Å². The first-order valence-electron chi connectivity index (χ1n) is 5.28. The molecule has 1 aliphatic rings. The highest BCUT2D eigenvalue weighted by Crippen LogP contribution is 2.33. The number of amides is 1. The van der Waals surface area contributed by atoms with Gasteiger partial charge in [-0.25, -0.2) is 4.79 Å². The number of carboxylic acid groups (broad SMARTS) is 1. The largest absolute Gasteiger partial charge is 0.465 e. The fourth-order valence-electron chi connectivity index (χ4n) is 2.19. The molecule has 1 N–H and O–H groups in total. The Morgan fingerprint density at radius 2 is 2.29 bits per heavy atom. The molecule has 90 valence electrons. The Morgan fingerprint density at radius 1 is 1.53 bits per heavy atom. The standard InChI is InChI=1S/C12H12BrNO3/c13-10-3-1-2-9(6-10)12(8-15)4-5-14(7-12)11(16)17/h1-3,6,8H,4-5,7H2,(H,16,17). The Labute approximate surface area is 107 Å². The van der Waals surface area contributed by atoms with Crippen molar-refractivity contribution in [3.05, 3.63) is 34.3 Å². The number of nitrogens with zero attached hydrogens (tertiary/aromatic N) is 1. The summed E-state index contributed by atoms with van der Waals surface area (Å²) < 4.78 is 0.894. The molecule has 1 heterocycles. The molecule has 0 saturated carbocycles. The molecule has 2 rings (SSSR count). The summed E-state index contributed by atoms with van der Waals surface area (Å²) in [5, 5.41) is 8.94. The van der Waals surface area contributed by atoms with Crippen LogP contribution in [0.4, 0.5) is 4.79 Å². The average Bonchev–Trinajstić information content (AvgIpc) is 2.75. The minimum atomic E-state index is -0.969. The molecule has 0 spiro atoms. The van der Waals surface area contributed by atoms with Crippen LogP contribution in [0.5, 0.6) is 0 Å². The number of carbonyl (C=O) groups excluding carboxylic acids is 1. The maximum atomic E-state index is 11.4. The Hall–Kier alpha value is -1.36. The SMILES string of the molecule is O=CC1(c2cccc(Br)c2)CCN(C(=O)O)C1. The number of aldehydes is 1. The molecule has 4 nitrogen and oxygen atoms in total. The lowest BCUT2D eigenvalue weighted by Gasteiger charge is -2.22. The van der Waals surface area contributed by atoms with Crippen LogP contribution in [-0.2, 0) is 10.2 Å². The van der Waals surface area contributed by atoms with Gasteiger partial charge in [-0.1, -0.05) is 28.1 Å². The number of halogens is 1. The maximum Gasteiger partial charge on any atom is 0.407 e. The van der Waals surface area contributed by atoms with Crippen molar-refractivity contribution in [2.45, 2.75) is 11.8 Å². The third-order valence-corrected chi connectivity index (χ3v) is 3.69. The normalized spacial score (nSPS) is 23.7. The van der Waals surface area contributed by atoms with Crippen LogP contribution in [-0.4, -0.2) is 35.5 Å². The van der Waals surface area contributed by atoms with E-state index in [0.717, 1.165) is 16.3 Å². The van der Waals surface area contributed by atoms with Crippen molar-refractivity contribution in [3.63, 3.8) is 0 Å². The highest BCUT2D eigenvalue weighted by Gasteiger charge is 2.41. The quantitative estimate of drug-likeness (QED) is 0.852. The first kappa shape index (κ1) is 12.1. The predicted molar refractivity (Wildman–Crippen MR) is 66.1 cm³/mol. The molecule has 0 radical (unpaired) electrons. The van der Waals surface area contributed by atoms with E-state index in [0.29, 0.717) is 13.0 Å². The molecule has 1 fully saturated rings. The smallest absolute Gasteiger partial charge is 0.407 e. The second kappa shape index (κ2) is 4.49. The van der Waals surface area contributed by atoms with Crippen molar-refractivity contribution in [2.24, 2.45) is 0 Å². The van der Waals surface area contributed by atoms with E-state index in [1.807, 2.05) is 24.3 Å². The van der Waals surface area contributed by atoms with Gasteiger partial charge in [-0.3, -0.25) is 0 Å². The molecule has 1 unspecified atom stereocenters. The Balaban J connectivity index is 2.34. The number of hydrogen-bond acceptors (Lipinski definition) is 2. The van der Waals surface area contributed by atoms with Crippen molar-refractivity contribution in [1.29, 1.82) is 0 Å². The number of hydrogen-bond donors (Lipinski definition) is 1. The van der Waals surface area contributed by atoms with Gasteiger partial charge in [0.05, 0.1) is 5.41 Å². The fraction of sp³-hybridized carbons (Fsp3) is 0.333. The lowest BCUT2D eigenvalue weighted by atomic mass is 9.81. The van der Waals surface area contributed by atoms with Crippen LogP contribution in [0.25, 0.3) is 0 Å². The van der Waals surface area contributed by atoms with Crippen molar-refractivity contribution in [3.8, 4) is 0 Å². The molecule has 1 aromatic rings. The highest BCUT2D eigenvalue weighted by molar-refractivity contribution is 9.10. The van der Waals surface area contributed by atoms with E-state index in [1.165, 1.54) is 4.90 Å². The first-order chi connectivity index (χ1) is 8.07. The molecule has 5 heteroatoms. The van der Waals surface area contributed by atoms with Crippen LogP contribution in [0.3, 0.4) is 0 Å². The van der Waals surface area contributed by atoms with Gasteiger partial charge in [-0.15, -0.1) is 0 Å². The van der Waals surface area contributed by atoms with Crippen LogP contribution in [0, 0.1) is 0 Å². The predicted octanol–water partition coefficient (Wildman–Crippen LogP) is 2.27. The monoisotopic (exact) mass is 297 g/mol. The summed E-state index contributed by atoms with van der Waals surface area (Å²) in [5.41, 5.74) is 0.174. The lowest BCUT2D eigenvalue weighted by Crippen LogP contribution is -2.34. The summed E-state index contributed by atoms with van der Waals surface area (Å²) in [6, 6.07) is 7.48. The van der Waals surface area contributed by atoms with Crippen LogP contribution >= 0.6 is 15.9 Å². The molecule has 0 aliphatic carbocycles. The minimum Gasteiger partial charge on any atom is -0.465 e. The van der Waals surface area contributed by atoms with E-state index in [2.05, 4.69) is 15.9 Å². The highest BCUT2D eigenvalue weighted by atomic mass is 79.9. The van der Waals surface area contributed by atoms with Gasteiger partial charge in [0.1, 0.15) is 6.29 Å². The second-order valence-electron chi connectivity index (χ2n) is 4.24. The van der Waals surface area contributed by atoms with Crippen LogP contribution in [0.1, 0.15) is 12.0 Å². The van der Waals surface area contributed by atoms with Crippen molar-refractivity contribution < 1.29 is 14.7 Å². The molecule has 1 amide bonds. The lowest BCUT2D eigenvalue weighted by molar-refractivity contribution is -0.112. The van der Waals surface area contributed by atoms with Gasteiger partial charge in [-0.2, -0.15) is 0 Å². The first-order valence-corrected chi connectivity index (χ1v) is 6.07. The molecule has 1 aliphatic heterocycles. The summed E-state index contributed by atoms with van der Waals surface area (Å²) in [5.74, 6) is 0. The number of likely N-dealkylation sites (tertiary alicyclic amines) is 1. The molecule has 0 bridgehead atoms. The molecule has 17 heavy (non-hydrogen) atoms. The van der Waals surface area contributed by atoms with Gasteiger partial charge >= 0.3 is 6.09 Å². The third kappa shape index (κ3) is 2.20. The third-order valence-electron chi connectivity index (χ3n) is 3.20. The summed E-state index contributed by atoms with van der Waals surface area (Å²) in [6.45, 7) is 0.642. The molecular formula is C12H12BrNO3.